The summed E-state index contributed by atoms with van der Waals surface area (Å²) in [5, 5.41) is 0. The van der Waals surface area contributed by atoms with E-state index in [1.54, 1.807) is 0 Å². The van der Waals surface area contributed by atoms with E-state index in [9.17, 15) is 0 Å². The van der Waals surface area contributed by atoms with Gasteiger partial charge in [0.2, 0.25) is 0 Å². The van der Waals surface area contributed by atoms with Gasteiger partial charge in [0, 0.05) is 0 Å². The van der Waals surface area contributed by atoms with Crippen molar-refractivity contribution in [2.75, 3.05) is 0 Å². The van der Waals surface area contributed by atoms with Crippen molar-refractivity contribution < 1.29 is 0 Å². The molecule has 0 bridgehead atoms. The third-order valence-electron chi connectivity index (χ3n) is 0. The van der Waals surface area contributed by atoms with Crippen LogP contribution in [0, 0.1) is 0 Å². The number of hydrogen-bond donors (Lipinski definition) is 0. The molecule has 2 radical (unpaired) electrons. The second-order valence-corrected chi connectivity index (χ2v) is 31.2. The van der Waals surface area contributed by atoms with Crippen LogP contribution in [0.4, 0.5) is 0 Å². The molecule has 0 fully saturated rings. The number of hydrogen-bond acceptors (Lipinski definition) is 0. The molecule has 0 aliphatic carbocycles. The van der Waals surface area contributed by atoms with E-state index in [1.807, 2.05) is 0 Å². The Hall–Kier alpha value is 1.36. The summed E-state index contributed by atoms with van der Waals surface area (Å²) in [4.78, 5) is 0. The zero-order chi connectivity index (χ0) is 4.50. The summed E-state index contributed by atoms with van der Waals surface area (Å²) in [6.45, 7) is 0. The molecule has 0 unspecified atom stereocenters. The van der Waals surface area contributed by atoms with Crippen molar-refractivity contribution in [1.82, 2.24) is 0 Å². The molecule has 0 N–H and O–H groups in total. The Balaban J connectivity index is 3.02. The fraction of sp³-hybridized carbons (Fsp3) is 1.00. The van der Waals surface area contributed by atoms with Crippen LogP contribution in [0.1, 0.15) is 0 Å². The third kappa shape index (κ3) is 32.7. The molecular weight excluding hydrogens is 230 g/mol. The maximum atomic E-state index is 2.40. The van der Waals surface area contributed by atoms with Gasteiger partial charge >= 0.3 is 47.7 Å². The molecule has 0 aliphatic heterocycles. The van der Waals surface area contributed by atoms with E-state index in [-0.39, 0.29) is 0 Å². The van der Waals surface area contributed by atoms with Gasteiger partial charge < -0.3 is 0 Å². The summed E-state index contributed by atoms with van der Waals surface area (Å²) in [7, 11) is -0.950. The molecule has 2 heteroatoms. The molecular formula is C3H9GeSb. The van der Waals surface area contributed by atoms with Crippen LogP contribution < -0.4 is 0 Å². The van der Waals surface area contributed by atoms with Gasteiger partial charge in [-0.1, -0.05) is 0 Å². The Morgan fingerprint density at radius 1 is 1.20 bits per heavy atom. The van der Waals surface area contributed by atoms with Crippen molar-refractivity contribution in [1.29, 1.82) is 0 Å². The average molecular weight is 239 g/mol. The molecule has 0 aliphatic rings. The molecule has 30 valence electrons. The van der Waals surface area contributed by atoms with E-state index in [0.29, 0.717) is 0 Å². The second kappa shape index (κ2) is 1.88. The first-order chi connectivity index (χ1) is 2.00. The quantitative estimate of drug-likeness (QED) is 0.553. The van der Waals surface area contributed by atoms with Crippen molar-refractivity contribution in [3.05, 3.63) is 0 Å². The minimum atomic E-state index is -0.950. The van der Waals surface area contributed by atoms with E-state index in [0.717, 1.165) is 0 Å². The molecule has 0 aromatic rings. The van der Waals surface area contributed by atoms with Gasteiger partial charge in [-0.05, 0) is 0 Å². The van der Waals surface area contributed by atoms with Gasteiger partial charge in [0.05, 0.1) is 0 Å². The topological polar surface area (TPSA) is 0 Å². The maximum absolute atomic E-state index is 2.40. The predicted octanol–water partition coefficient (Wildman–Crippen LogP) is 0.990. The normalized spacial score (nSPS) is 12.0. The molecule has 0 saturated carbocycles. The Morgan fingerprint density at radius 2 is 1.20 bits per heavy atom. The van der Waals surface area contributed by atoms with Crippen molar-refractivity contribution >= 4 is 30.5 Å². The average Bonchev–Trinajstić information content (AvgIpc) is 0.722. The van der Waals surface area contributed by atoms with Crippen molar-refractivity contribution in [3.8, 4) is 0 Å². The summed E-state index contributed by atoms with van der Waals surface area (Å²) in [5.41, 5.74) is 0. The summed E-state index contributed by atoms with van der Waals surface area (Å²) in [6, 6.07) is 0. The molecule has 0 aromatic carbocycles. The van der Waals surface area contributed by atoms with Crippen LogP contribution in [0.5, 0.6) is 0 Å². The zero-order valence-electron chi connectivity index (χ0n) is 3.95. The van der Waals surface area contributed by atoms with Crippen LogP contribution in [0.2, 0.25) is 17.3 Å². The van der Waals surface area contributed by atoms with E-state index in [4.69, 9.17) is 0 Å². The Bertz CT molecular complexity index is 22.4. The third-order valence-corrected chi connectivity index (χ3v) is 0. The fourth-order valence-corrected chi connectivity index (χ4v) is 0. The molecule has 0 saturated heterocycles. The van der Waals surface area contributed by atoms with Gasteiger partial charge in [0.15, 0.2) is 0 Å². The molecule has 0 nitrogen and oxygen atoms in total. The van der Waals surface area contributed by atoms with Crippen LogP contribution in [-0.2, 0) is 0 Å². The molecule has 0 spiro atoms. The van der Waals surface area contributed by atoms with Crippen molar-refractivity contribution in [3.63, 3.8) is 0 Å². The summed E-state index contributed by atoms with van der Waals surface area (Å²) < 4.78 is 0. The Morgan fingerprint density at radius 3 is 1.20 bits per heavy atom. The van der Waals surface area contributed by atoms with Gasteiger partial charge in [-0.15, -0.1) is 0 Å². The fourth-order valence-electron chi connectivity index (χ4n) is 0. The standard InChI is InChI=1S/C3H9Ge.Sb/c1-4(2)3;/h1-3H3;. The zero-order valence-corrected chi connectivity index (χ0v) is 8.60. The SMILES string of the molecule is [CH3][Ge]([CH3])([CH3])[Sb]. The van der Waals surface area contributed by atoms with Crippen LogP contribution in [-0.4, -0.2) is 30.5 Å². The van der Waals surface area contributed by atoms with Crippen molar-refractivity contribution in [2.45, 2.75) is 17.3 Å². The Kier molecular flexibility index (Phi) is 2.39. The molecule has 0 amide bonds. The molecule has 5 heavy (non-hydrogen) atoms. The summed E-state index contributed by atoms with van der Waals surface area (Å²) in [6.07, 6.45) is 0. The first-order valence-corrected chi connectivity index (χ1v) is 15.6. The first kappa shape index (κ1) is 6.36. The van der Waals surface area contributed by atoms with Crippen LogP contribution in [0.25, 0.3) is 0 Å². The monoisotopic (exact) mass is 240 g/mol. The van der Waals surface area contributed by atoms with E-state index >= 15 is 0 Å². The number of rotatable bonds is 0. The van der Waals surface area contributed by atoms with Gasteiger partial charge in [-0.3, -0.25) is 0 Å². The van der Waals surface area contributed by atoms with Gasteiger partial charge in [0.1, 0.15) is 0 Å². The van der Waals surface area contributed by atoms with Gasteiger partial charge in [-0.25, -0.2) is 0 Å². The summed E-state index contributed by atoms with van der Waals surface area (Å²) >= 11 is 2.06. The molecule has 0 aromatic heterocycles. The molecule has 0 atom stereocenters. The van der Waals surface area contributed by atoms with E-state index in [1.165, 1.54) is 0 Å². The van der Waals surface area contributed by atoms with Crippen LogP contribution in [0.15, 0.2) is 0 Å². The Labute approximate surface area is 47.6 Å². The second-order valence-electron chi connectivity index (χ2n) is 2.17. The van der Waals surface area contributed by atoms with E-state index < -0.39 is 9.86 Å². The predicted molar refractivity (Wildman–Crippen MR) is 29.1 cm³/mol. The van der Waals surface area contributed by atoms with Gasteiger partial charge in [-0.2, -0.15) is 0 Å². The van der Waals surface area contributed by atoms with Crippen LogP contribution in [0.3, 0.4) is 0 Å². The van der Waals surface area contributed by atoms with E-state index in [2.05, 4.69) is 37.9 Å². The molecule has 0 heterocycles. The molecule has 0 rings (SSSR count). The minimum absolute atomic E-state index is 0.950. The summed E-state index contributed by atoms with van der Waals surface area (Å²) in [5.74, 6) is 7.19. The first-order valence-electron chi connectivity index (χ1n) is 1.72. The van der Waals surface area contributed by atoms with Crippen molar-refractivity contribution in [2.24, 2.45) is 0 Å². The van der Waals surface area contributed by atoms with Gasteiger partial charge in [0.25, 0.3) is 0 Å². The van der Waals surface area contributed by atoms with Crippen LogP contribution >= 0.6 is 0 Å².